The van der Waals surface area contributed by atoms with Gasteiger partial charge in [-0.05, 0) is 12.8 Å². The van der Waals surface area contributed by atoms with Gasteiger partial charge in [0, 0.05) is 24.2 Å². The van der Waals surface area contributed by atoms with Crippen molar-refractivity contribution in [1.29, 1.82) is 0 Å². The van der Waals surface area contributed by atoms with Gasteiger partial charge >= 0.3 is 0 Å². The lowest BCUT2D eigenvalue weighted by molar-refractivity contribution is -0.126. The Balaban J connectivity index is 2.34. The third-order valence-electron chi connectivity index (χ3n) is 3.58. The van der Waals surface area contributed by atoms with Gasteiger partial charge in [0.25, 0.3) is 0 Å². The summed E-state index contributed by atoms with van der Waals surface area (Å²) in [6, 6.07) is 2.02. The molecular weight excluding hydrogens is 252 g/mol. The molecular formula is C15H24N4O. The molecule has 5 nitrogen and oxygen atoms in total. The predicted octanol–water partition coefficient (Wildman–Crippen LogP) is 2.35. The van der Waals surface area contributed by atoms with Crippen molar-refractivity contribution in [3.05, 3.63) is 17.6 Å². The summed E-state index contributed by atoms with van der Waals surface area (Å²) in [6.45, 7) is 12.2. The molecule has 1 saturated heterocycles. The fourth-order valence-electron chi connectivity index (χ4n) is 2.22. The van der Waals surface area contributed by atoms with Crippen molar-refractivity contribution in [2.45, 2.75) is 46.5 Å². The van der Waals surface area contributed by atoms with Gasteiger partial charge in [-0.2, -0.15) is 0 Å². The first-order valence-electron chi connectivity index (χ1n) is 7.34. The van der Waals surface area contributed by atoms with Gasteiger partial charge in [-0.1, -0.05) is 27.7 Å². The van der Waals surface area contributed by atoms with E-state index in [1.54, 1.807) is 0 Å². The summed E-state index contributed by atoms with van der Waals surface area (Å²) in [6.07, 6.45) is 0. The van der Waals surface area contributed by atoms with Gasteiger partial charge in [0.05, 0.1) is 6.67 Å². The van der Waals surface area contributed by atoms with Gasteiger partial charge in [0.2, 0.25) is 5.91 Å². The normalized spacial score (nSPS) is 15.8. The Morgan fingerprint density at radius 2 is 1.90 bits per heavy atom. The molecule has 1 aromatic rings. The average Bonchev–Trinajstić information content (AvgIpc) is 2.79. The van der Waals surface area contributed by atoms with Crippen LogP contribution in [0, 0.1) is 0 Å². The van der Waals surface area contributed by atoms with Crippen LogP contribution >= 0.6 is 0 Å². The molecule has 1 amide bonds. The summed E-state index contributed by atoms with van der Waals surface area (Å²) in [5.74, 6) is 2.54. The molecule has 0 spiro atoms. The molecule has 1 aliphatic heterocycles. The number of anilines is 1. The Morgan fingerprint density at radius 1 is 1.20 bits per heavy atom. The lowest BCUT2D eigenvalue weighted by Crippen LogP contribution is -2.27. The Hall–Kier alpha value is -1.65. The van der Waals surface area contributed by atoms with E-state index >= 15 is 0 Å². The molecule has 0 radical (unpaired) electrons. The summed E-state index contributed by atoms with van der Waals surface area (Å²) >= 11 is 0. The molecule has 1 aliphatic rings. The highest BCUT2D eigenvalue weighted by atomic mass is 16.2. The second kappa shape index (κ2) is 5.77. The monoisotopic (exact) mass is 276 g/mol. The van der Waals surface area contributed by atoms with Crippen LogP contribution in [-0.4, -0.2) is 40.5 Å². The van der Waals surface area contributed by atoms with Gasteiger partial charge in [0.15, 0.2) is 0 Å². The SMILES string of the molecule is CCN1CN(c2cc(C(C)C)nc(C(C)C)n2)CC1=O. The van der Waals surface area contributed by atoms with Crippen LogP contribution in [0.5, 0.6) is 0 Å². The van der Waals surface area contributed by atoms with Crippen LogP contribution < -0.4 is 4.90 Å². The Morgan fingerprint density at radius 3 is 2.40 bits per heavy atom. The second-order valence-corrected chi connectivity index (χ2v) is 5.91. The first-order valence-corrected chi connectivity index (χ1v) is 7.34. The molecule has 0 N–H and O–H groups in total. The smallest absolute Gasteiger partial charge is 0.243 e. The Labute approximate surface area is 121 Å². The van der Waals surface area contributed by atoms with E-state index in [0.29, 0.717) is 19.1 Å². The van der Waals surface area contributed by atoms with Crippen LogP contribution in [0.1, 0.15) is 58.0 Å². The van der Waals surface area contributed by atoms with Crippen molar-refractivity contribution >= 4 is 11.7 Å². The number of aromatic nitrogens is 2. The van der Waals surface area contributed by atoms with Crippen LogP contribution in [0.25, 0.3) is 0 Å². The van der Waals surface area contributed by atoms with Crippen LogP contribution in [0.15, 0.2) is 6.07 Å². The quantitative estimate of drug-likeness (QED) is 0.847. The Kier molecular flexibility index (Phi) is 4.26. The fourth-order valence-corrected chi connectivity index (χ4v) is 2.22. The largest absolute Gasteiger partial charge is 0.329 e. The van der Waals surface area contributed by atoms with E-state index in [-0.39, 0.29) is 11.8 Å². The minimum atomic E-state index is 0.170. The van der Waals surface area contributed by atoms with Gasteiger partial charge in [-0.3, -0.25) is 4.79 Å². The van der Waals surface area contributed by atoms with E-state index < -0.39 is 0 Å². The summed E-state index contributed by atoms with van der Waals surface area (Å²) in [7, 11) is 0. The zero-order valence-electron chi connectivity index (χ0n) is 13.1. The lowest BCUT2D eigenvalue weighted by Gasteiger charge is -2.20. The molecule has 0 aliphatic carbocycles. The van der Waals surface area contributed by atoms with Crippen LogP contribution in [-0.2, 0) is 4.79 Å². The number of nitrogens with zero attached hydrogens (tertiary/aromatic N) is 4. The first kappa shape index (κ1) is 14.8. The lowest BCUT2D eigenvalue weighted by atomic mass is 10.1. The highest BCUT2D eigenvalue weighted by Gasteiger charge is 2.28. The first-order chi connectivity index (χ1) is 9.42. The number of hydrogen-bond acceptors (Lipinski definition) is 4. The summed E-state index contributed by atoms with van der Waals surface area (Å²) in [4.78, 5) is 25.0. The summed E-state index contributed by atoms with van der Waals surface area (Å²) in [5, 5.41) is 0. The molecule has 20 heavy (non-hydrogen) atoms. The highest BCUT2D eigenvalue weighted by Crippen LogP contribution is 2.23. The summed E-state index contributed by atoms with van der Waals surface area (Å²) in [5.41, 5.74) is 1.04. The molecule has 1 fully saturated rings. The zero-order valence-corrected chi connectivity index (χ0v) is 13.1. The van der Waals surface area contributed by atoms with Gasteiger partial charge in [0.1, 0.15) is 18.2 Å². The van der Waals surface area contributed by atoms with Gasteiger partial charge in [-0.25, -0.2) is 9.97 Å². The number of hydrogen-bond donors (Lipinski definition) is 0. The van der Waals surface area contributed by atoms with E-state index in [1.165, 1.54) is 0 Å². The molecule has 0 unspecified atom stereocenters. The van der Waals surface area contributed by atoms with Crippen molar-refractivity contribution < 1.29 is 4.79 Å². The standard InChI is InChI=1S/C15H24N4O/c1-6-18-9-19(8-14(18)20)13-7-12(10(2)3)16-15(17-13)11(4)5/h7,10-11H,6,8-9H2,1-5H3. The zero-order chi connectivity index (χ0) is 14.9. The van der Waals surface area contributed by atoms with Crippen LogP contribution in [0.2, 0.25) is 0 Å². The number of carbonyl (C=O) groups is 1. The van der Waals surface area contributed by atoms with E-state index in [0.717, 1.165) is 23.9 Å². The molecule has 110 valence electrons. The average molecular weight is 276 g/mol. The van der Waals surface area contributed by atoms with Crippen molar-refractivity contribution in [3.8, 4) is 0 Å². The van der Waals surface area contributed by atoms with E-state index in [2.05, 4.69) is 37.7 Å². The maximum Gasteiger partial charge on any atom is 0.243 e. The summed E-state index contributed by atoms with van der Waals surface area (Å²) < 4.78 is 0. The van der Waals surface area contributed by atoms with Gasteiger partial charge < -0.3 is 9.80 Å². The minimum Gasteiger partial charge on any atom is -0.329 e. The van der Waals surface area contributed by atoms with Crippen molar-refractivity contribution in [1.82, 2.24) is 14.9 Å². The van der Waals surface area contributed by atoms with Crippen molar-refractivity contribution in [2.24, 2.45) is 0 Å². The molecule has 2 rings (SSSR count). The highest BCUT2D eigenvalue weighted by molar-refractivity contribution is 5.84. The van der Waals surface area contributed by atoms with Crippen molar-refractivity contribution in [2.75, 3.05) is 24.7 Å². The maximum absolute atomic E-state index is 11.9. The molecule has 1 aromatic heterocycles. The van der Waals surface area contributed by atoms with E-state index in [9.17, 15) is 4.79 Å². The predicted molar refractivity (Wildman–Crippen MR) is 79.8 cm³/mol. The van der Waals surface area contributed by atoms with E-state index in [1.807, 2.05) is 22.8 Å². The third-order valence-corrected chi connectivity index (χ3v) is 3.58. The molecule has 2 heterocycles. The van der Waals surface area contributed by atoms with Crippen LogP contribution in [0.3, 0.4) is 0 Å². The number of likely N-dealkylation sites (N-methyl/N-ethyl adjacent to an activating group) is 1. The molecule has 0 saturated carbocycles. The fraction of sp³-hybridized carbons (Fsp3) is 0.667. The third kappa shape index (κ3) is 2.92. The molecule has 5 heteroatoms. The molecule has 0 bridgehead atoms. The molecule has 0 aromatic carbocycles. The Bertz CT molecular complexity index is 472. The molecule has 0 atom stereocenters. The minimum absolute atomic E-state index is 0.170. The number of amides is 1. The van der Waals surface area contributed by atoms with Crippen molar-refractivity contribution in [3.63, 3.8) is 0 Å². The number of carbonyl (C=O) groups excluding carboxylic acids is 1. The second-order valence-electron chi connectivity index (χ2n) is 5.91. The van der Waals surface area contributed by atoms with Gasteiger partial charge in [-0.15, -0.1) is 0 Å². The number of rotatable bonds is 4. The topological polar surface area (TPSA) is 49.3 Å². The van der Waals surface area contributed by atoms with Crippen LogP contribution in [0.4, 0.5) is 5.82 Å². The maximum atomic E-state index is 11.9. The van der Waals surface area contributed by atoms with E-state index in [4.69, 9.17) is 0 Å².